The predicted molar refractivity (Wildman–Crippen MR) is 106 cm³/mol. The van der Waals surface area contributed by atoms with Crippen molar-refractivity contribution in [3.05, 3.63) is 22.4 Å². The fraction of sp³-hybridized carbons (Fsp3) is 0.737. The van der Waals surface area contributed by atoms with Gasteiger partial charge in [0, 0.05) is 56.9 Å². The Morgan fingerprint density at radius 3 is 2.84 bits per heavy atom. The summed E-state index contributed by atoms with van der Waals surface area (Å²) in [6, 6.07) is 4.30. The number of thiophene rings is 1. The molecule has 0 radical (unpaired) electrons. The quantitative estimate of drug-likeness (QED) is 0.400. The van der Waals surface area contributed by atoms with Crippen LogP contribution >= 0.6 is 11.3 Å². The highest BCUT2D eigenvalue weighted by Crippen LogP contribution is 2.26. The van der Waals surface area contributed by atoms with Crippen LogP contribution in [0.5, 0.6) is 0 Å². The van der Waals surface area contributed by atoms with Gasteiger partial charge in [0.05, 0.1) is 0 Å². The lowest BCUT2D eigenvalue weighted by atomic mass is 9.91. The van der Waals surface area contributed by atoms with Gasteiger partial charge in [-0.15, -0.1) is 11.3 Å². The van der Waals surface area contributed by atoms with Crippen molar-refractivity contribution in [1.29, 1.82) is 0 Å². The van der Waals surface area contributed by atoms with Gasteiger partial charge in [-0.05, 0) is 36.6 Å². The van der Waals surface area contributed by atoms with Crippen molar-refractivity contribution in [2.75, 3.05) is 46.6 Å². The van der Waals surface area contributed by atoms with E-state index in [4.69, 9.17) is 9.47 Å². The van der Waals surface area contributed by atoms with Gasteiger partial charge in [0.15, 0.2) is 5.96 Å². The minimum Gasteiger partial charge on any atom is -0.381 e. The fourth-order valence-electron chi connectivity index (χ4n) is 2.82. The molecular weight excluding hydrogens is 334 g/mol. The van der Waals surface area contributed by atoms with Gasteiger partial charge < -0.3 is 20.1 Å². The molecule has 1 aromatic rings. The Hall–Kier alpha value is -1.11. The minimum atomic E-state index is 0.0958. The summed E-state index contributed by atoms with van der Waals surface area (Å²) in [6.45, 7) is 9.67. The van der Waals surface area contributed by atoms with Crippen molar-refractivity contribution in [3.8, 4) is 0 Å². The third-order valence-corrected chi connectivity index (χ3v) is 5.80. The monoisotopic (exact) mass is 367 g/mol. The first-order valence-corrected chi connectivity index (χ1v) is 10.1. The summed E-state index contributed by atoms with van der Waals surface area (Å²) < 4.78 is 11.2. The fourth-order valence-corrected chi connectivity index (χ4v) is 3.67. The maximum atomic E-state index is 5.80. The van der Waals surface area contributed by atoms with Gasteiger partial charge >= 0.3 is 0 Å². The van der Waals surface area contributed by atoms with Crippen molar-refractivity contribution < 1.29 is 9.47 Å². The molecule has 1 aromatic heterocycles. The van der Waals surface area contributed by atoms with E-state index in [9.17, 15) is 0 Å². The molecule has 0 aromatic carbocycles. The van der Waals surface area contributed by atoms with Crippen molar-refractivity contribution in [2.24, 2.45) is 10.9 Å². The summed E-state index contributed by atoms with van der Waals surface area (Å²) in [4.78, 5) is 5.69. The molecule has 0 spiro atoms. The highest BCUT2D eigenvalue weighted by Gasteiger charge is 2.21. The average Bonchev–Trinajstić information content (AvgIpc) is 3.17. The first-order chi connectivity index (χ1) is 12.1. The second-order valence-corrected chi connectivity index (χ2v) is 8.15. The Morgan fingerprint density at radius 2 is 2.16 bits per heavy atom. The average molecular weight is 368 g/mol. The number of nitrogens with one attached hydrogen (secondary N) is 2. The molecule has 1 aliphatic heterocycles. The third-order valence-electron chi connectivity index (χ3n) is 4.56. The molecule has 1 fully saturated rings. The van der Waals surface area contributed by atoms with Crippen LogP contribution in [-0.4, -0.2) is 52.5 Å². The van der Waals surface area contributed by atoms with Gasteiger partial charge in [-0.3, -0.25) is 4.99 Å². The van der Waals surface area contributed by atoms with Crippen molar-refractivity contribution >= 4 is 17.3 Å². The van der Waals surface area contributed by atoms with E-state index in [0.29, 0.717) is 5.92 Å². The third kappa shape index (κ3) is 7.34. The summed E-state index contributed by atoms with van der Waals surface area (Å²) in [5.74, 6) is 1.53. The molecule has 0 bridgehead atoms. The first-order valence-electron chi connectivity index (χ1n) is 9.26. The summed E-state index contributed by atoms with van der Waals surface area (Å²) in [5.41, 5.74) is 0.0958. The molecule has 0 atom stereocenters. The molecule has 6 heteroatoms. The van der Waals surface area contributed by atoms with Crippen LogP contribution in [0.4, 0.5) is 0 Å². The van der Waals surface area contributed by atoms with Crippen molar-refractivity contribution in [2.45, 2.75) is 38.5 Å². The van der Waals surface area contributed by atoms with Crippen LogP contribution in [0, 0.1) is 5.92 Å². The van der Waals surface area contributed by atoms with Crippen LogP contribution in [0.15, 0.2) is 22.5 Å². The molecule has 2 rings (SSSR count). The summed E-state index contributed by atoms with van der Waals surface area (Å²) in [6.07, 6.45) is 3.25. The summed E-state index contributed by atoms with van der Waals surface area (Å²) >= 11 is 1.80. The minimum absolute atomic E-state index is 0.0958. The molecule has 0 amide bonds. The van der Waals surface area contributed by atoms with E-state index in [-0.39, 0.29) is 5.41 Å². The lowest BCUT2D eigenvalue weighted by molar-refractivity contribution is 0.0203. The van der Waals surface area contributed by atoms with E-state index < -0.39 is 0 Å². The second-order valence-electron chi connectivity index (χ2n) is 7.20. The van der Waals surface area contributed by atoms with E-state index in [1.54, 1.807) is 11.3 Å². The van der Waals surface area contributed by atoms with Crippen LogP contribution in [0.1, 0.15) is 38.0 Å². The van der Waals surface area contributed by atoms with Crippen LogP contribution in [0.2, 0.25) is 0 Å². The van der Waals surface area contributed by atoms with Crippen LogP contribution in [0.25, 0.3) is 0 Å². The lowest BCUT2D eigenvalue weighted by Gasteiger charge is -2.25. The Balaban J connectivity index is 1.56. The van der Waals surface area contributed by atoms with Gasteiger partial charge in [-0.1, -0.05) is 19.9 Å². The van der Waals surface area contributed by atoms with E-state index in [0.717, 1.165) is 64.7 Å². The SMILES string of the molecule is CN=C(NCCCOCC1CCOCC1)NCC(C)(C)c1cccs1. The number of rotatable bonds is 9. The summed E-state index contributed by atoms with van der Waals surface area (Å²) in [7, 11) is 1.81. The number of aliphatic imine (C=N–C) groups is 1. The molecule has 0 saturated carbocycles. The maximum absolute atomic E-state index is 5.80. The molecular formula is C19H33N3O2S. The normalized spacial score (nSPS) is 16.8. The Kier molecular flexibility index (Phi) is 8.72. The summed E-state index contributed by atoms with van der Waals surface area (Å²) in [5, 5.41) is 8.93. The lowest BCUT2D eigenvalue weighted by Crippen LogP contribution is -2.43. The van der Waals surface area contributed by atoms with Crippen molar-refractivity contribution in [1.82, 2.24) is 10.6 Å². The molecule has 5 nitrogen and oxygen atoms in total. The zero-order chi connectivity index (χ0) is 18.0. The van der Waals surface area contributed by atoms with Gasteiger partial charge in [0.25, 0.3) is 0 Å². The topological polar surface area (TPSA) is 54.9 Å². The largest absolute Gasteiger partial charge is 0.381 e. The van der Waals surface area contributed by atoms with Crippen LogP contribution in [0.3, 0.4) is 0 Å². The van der Waals surface area contributed by atoms with Crippen LogP contribution < -0.4 is 10.6 Å². The molecule has 1 aliphatic rings. The van der Waals surface area contributed by atoms with Gasteiger partial charge in [-0.2, -0.15) is 0 Å². The van der Waals surface area contributed by atoms with E-state index in [2.05, 4.69) is 47.0 Å². The van der Waals surface area contributed by atoms with E-state index in [1.165, 1.54) is 4.88 Å². The Labute approximate surface area is 156 Å². The molecule has 0 unspecified atom stereocenters. The van der Waals surface area contributed by atoms with Gasteiger partial charge in [0.1, 0.15) is 0 Å². The Morgan fingerprint density at radius 1 is 1.36 bits per heavy atom. The Bertz CT molecular complexity index is 497. The molecule has 1 saturated heterocycles. The molecule has 2 heterocycles. The number of guanidine groups is 1. The van der Waals surface area contributed by atoms with Crippen molar-refractivity contribution in [3.63, 3.8) is 0 Å². The molecule has 0 aliphatic carbocycles. The number of hydrogen-bond acceptors (Lipinski definition) is 4. The number of hydrogen-bond donors (Lipinski definition) is 2. The standard InChI is InChI=1S/C19H33N3O2S/c1-19(2,17-6-4-13-25-17)15-22-18(20-3)21-9-5-10-24-14-16-7-11-23-12-8-16/h4,6,13,16H,5,7-12,14-15H2,1-3H3,(H2,20,21,22). The smallest absolute Gasteiger partial charge is 0.191 e. The van der Waals surface area contributed by atoms with E-state index >= 15 is 0 Å². The first kappa shape index (κ1) is 20.2. The predicted octanol–water partition coefficient (Wildman–Crippen LogP) is 3.02. The zero-order valence-electron chi connectivity index (χ0n) is 15.8. The van der Waals surface area contributed by atoms with Crippen LogP contribution in [-0.2, 0) is 14.9 Å². The second kappa shape index (κ2) is 10.8. The molecule has 25 heavy (non-hydrogen) atoms. The highest BCUT2D eigenvalue weighted by atomic mass is 32.1. The zero-order valence-corrected chi connectivity index (χ0v) is 16.7. The van der Waals surface area contributed by atoms with Gasteiger partial charge in [0.2, 0.25) is 0 Å². The highest BCUT2D eigenvalue weighted by molar-refractivity contribution is 7.10. The van der Waals surface area contributed by atoms with Gasteiger partial charge in [-0.25, -0.2) is 0 Å². The van der Waals surface area contributed by atoms with E-state index in [1.807, 2.05) is 7.05 Å². The number of nitrogens with zero attached hydrogens (tertiary/aromatic N) is 1. The molecule has 142 valence electrons. The number of ether oxygens (including phenoxy) is 2. The molecule has 2 N–H and O–H groups in total. The maximum Gasteiger partial charge on any atom is 0.191 e.